The van der Waals surface area contributed by atoms with Gasteiger partial charge in [0.1, 0.15) is 0 Å². The molecule has 0 aromatic carbocycles. The maximum atomic E-state index is 11.5. The van der Waals surface area contributed by atoms with E-state index in [2.05, 4.69) is 19.2 Å². The van der Waals surface area contributed by atoms with Gasteiger partial charge < -0.3 is 0 Å². The Hall–Kier alpha value is -0.630. The number of Topliss-reactive ketones (excluding diaryl/α,β-unsaturated/α-hetero) is 1. The molecule has 16 heavy (non-hydrogen) atoms. The molecule has 0 radical (unpaired) electrons. The van der Waals surface area contributed by atoms with Gasteiger partial charge in [0, 0.05) is 0 Å². The van der Waals surface area contributed by atoms with E-state index < -0.39 is 0 Å². The predicted octanol–water partition coefficient (Wildman–Crippen LogP) is 4.25. The lowest BCUT2D eigenvalue weighted by Crippen LogP contribution is -2.27. The maximum absolute atomic E-state index is 11.5. The molecule has 2 heteroatoms. The fourth-order valence-corrected chi connectivity index (χ4v) is 3.90. The highest BCUT2D eigenvalue weighted by Crippen LogP contribution is 2.43. The van der Waals surface area contributed by atoms with E-state index in [1.807, 2.05) is 0 Å². The van der Waals surface area contributed by atoms with Gasteiger partial charge in [-0.1, -0.05) is 26.7 Å². The Morgan fingerprint density at radius 2 is 2.12 bits per heavy atom. The molecule has 0 saturated carbocycles. The van der Waals surface area contributed by atoms with Crippen molar-refractivity contribution in [3.63, 3.8) is 0 Å². The maximum Gasteiger partial charge on any atom is 0.169 e. The van der Waals surface area contributed by atoms with Crippen LogP contribution in [-0.2, 0) is 12.8 Å². The second-order valence-electron chi connectivity index (χ2n) is 5.01. The highest BCUT2D eigenvalue weighted by atomic mass is 32.1. The molecule has 0 amide bonds. The molecule has 0 unspecified atom stereocenters. The van der Waals surface area contributed by atoms with Crippen LogP contribution in [0.4, 0.5) is 0 Å². The molecule has 2 rings (SSSR count). The molecule has 1 aromatic heterocycles. The summed E-state index contributed by atoms with van der Waals surface area (Å²) < 4.78 is 0. The zero-order valence-corrected chi connectivity index (χ0v) is 11.2. The van der Waals surface area contributed by atoms with Crippen LogP contribution in [0.1, 0.15) is 60.8 Å². The van der Waals surface area contributed by atoms with Crippen LogP contribution in [0.2, 0.25) is 0 Å². The van der Waals surface area contributed by atoms with Crippen LogP contribution >= 0.6 is 11.3 Å². The Kier molecular flexibility index (Phi) is 3.20. The Balaban J connectivity index is 2.32. The molecule has 0 fully saturated rings. The molecule has 1 heterocycles. The third-order valence-corrected chi connectivity index (χ3v) is 5.44. The Morgan fingerprint density at radius 1 is 1.44 bits per heavy atom. The highest BCUT2D eigenvalue weighted by Gasteiger charge is 2.33. The second-order valence-corrected chi connectivity index (χ2v) is 5.89. The van der Waals surface area contributed by atoms with E-state index >= 15 is 0 Å². The molecule has 0 N–H and O–H groups in total. The summed E-state index contributed by atoms with van der Waals surface area (Å²) in [7, 11) is 0. The average molecular weight is 236 g/mol. The quantitative estimate of drug-likeness (QED) is 0.717. The van der Waals surface area contributed by atoms with E-state index in [1.165, 1.54) is 36.8 Å². The first-order chi connectivity index (χ1) is 7.62. The van der Waals surface area contributed by atoms with E-state index in [9.17, 15) is 4.79 Å². The fraction of sp³-hybridized carbons (Fsp3) is 0.643. The Bertz CT molecular complexity index is 399. The van der Waals surface area contributed by atoms with Gasteiger partial charge in [0.2, 0.25) is 0 Å². The summed E-state index contributed by atoms with van der Waals surface area (Å²) in [6.07, 6.45) is 6.06. The zero-order valence-electron chi connectivity index (χ0n) is 10.4. The molecule has 1 aliphatic carbocycles. The van der Waals surface area contributed by atoms with Crippen LogP contribution in [0.3, 0.4) is 0 Å². The van der Waals surface area contributed by atoms with E-state index in [0.29, 0.717) is 5.41 Å². The first-order valence-electron chi connectivity index (χ1n) is 6.22. The number of carbonyl (C=O) groups is 1. The average Bonchev–Trinajstić information content (AvgIpc) is 2.71. The normalized spacial score (nSPS) is 18.2. The summed E-state index contributed by atoms with van der Waals surface area (Å²) >= 11 is 1.65. The molecular weight excluding hydrogens is 216 g/mol. The Morgan fingerprint density at radius 3 is 2.69 bits per heavy atom. The number of thiophene rings is 1. The van der Waals surface area contributed by atoms with Crippen LogP contribution in [0.25, 0.3) is 0 Å². The zero-order chi connectivity index (χ0) is 11.8. The van der Waals surface area contributed by atoms with Crippen molar-refractivity contribution in [2.45, 2.75) is 52.9 Å². The molecule has 0 saturated heterocycles. The number of fused-ring (bicyclic) bond motifs is 1. The summed E-state index contributed by atoms with van der Waals surface area (Å²) in [4.78, 5) is 12.5. The molecule has 0 spiro atoms. The van der Waals surface area contributed by atoms with E-state index in [-0.39, 0.29) is 5.78 Å². The van der Waals surface area contributed by atoms with Gasteiger partial charge in [-0.2, -0.15) is 0 Å². The first-order valence-corrected chi connectivity index (χ1v) is 7.10. The van der Waals surface area contributed by atoms with E-state index in [4.69, 9.17) is 0 Å². The van der Waals surface area contributed by atoms with Crippen molar-refractivity contribution in [3.8, 4) is 0 Å². The Labute approximate surface area is 102 Å². The predicted molar refractivity (Wildman–Crippen MR) is 69.4 cm³/mol. The summed E-state index contributed by atoms with van der Waals surface area (Å²) in [5.41, 5.74) is 3.31. The van der Waals surface area contributed by atoms with Gasteiger partial charge in [-0.25, -0.2) is 0 Å². The highest BCUT2D eigenvalue weighted by molar-refractivity contribution is 7.12. The first kappa shape index (κ1) is 11.8. The van der Waals surface area contributed by atoms with Crippen LogP contribution in [0.15, 0.2) is 5.38 Å². The fourth-order valence-electron chi connectivity index (χ4n) is 2.87. The summed E-state index contributed by atoms with van der Waals surface area (Å²) in [6.45, 7) is 6.28. The molecule has 1 aliphatic rings. The molecule has 1 nitrogen and oxygen atoms in total. The van der Waals surface area contributed by atoms with Gasteiger partial charge in [0.15, 0.2) is 5.78 Å². The number of rotatable bonds is 3. The lowest BCUT2D eigenvalue weighted by Gasteiger charge is -2.36. The topological polar surface area (TPSA) is 17.1 Å². The lowest BCUT2D eigenvalue weighted by molar-refractivity contribution is 0.101. The van der Waals surface area contributed by atoms with E-state index in [1.54, 1.807) is 18.3 Å². The molecule has 0 bridgehead atoms. The van der Waals surface area contributed by atoms with Crippen molar-refractivity contribution in [1.29, 1.82) is 0 Å². The minimum Gasteiger partial charge on any atom is -0.294 e. The molecule has 88 valence electrons. The van der Waals surface area contributed by atoms with Crippen LogP contribution in [0.5, 0.6) is 0 Å². The third kappa shape index (κ3) is 1.84. The summed E-state index contributed by atoms with van der Waals surface area (Å²) in [5.74, 6) is 0.242. The molecule has 0 aliphatic heterocycles. The van der Waals surface area contributed by atoms with Gasteiger partial charge >= 0.3 is 0 Å². The van der Waals surface area contributed by atoms with Crippen molar-refractivity contribution in [3.05, 3.63) is 21.4 Å². The van der Waals surface area contributed by atoms with Crippen LogP contribution in [0, 0.1) is 5.41 Å². The van der Waals surface area contributed by atoms with Gasteiger partial charge in [-0.15, -0.1) is 11.3 Å². The number of carbonyl (C=O) groups excluding carboxylic acids is 1. The number of hydrogen-bond donors (Lipinski definition) is 0. The van der Waals surface area contributed by atoms with Crippen molar-refractivity contribution in [2.24, 2.45) is 5.41 Å². The third-order valence-electron chi connectivity index (χ3n) is 4.27. The van der Waals surface area contributed by atoms with Crippen LogP contribution in [-0.4, -0.2) is 5.78 Å². The van der Waals surface area contributed by atoms with Crippen molar-refractivity contribution >= 4 is 17.1 Å². The van der Waals surface area contributed by atoms with Gasteiger partial charge in [0.25, 0.3) is 0 Å². The second kappa shape index (κ2) is 4.33. The standard InChI is InChI=1S/C14H20OS/c1-4-14(5-2)7-6-12-11(8-14)9-16-13(12)10(3)15/h9H,4-8H2,1-3H3. The van der Waals surface area contributed by atoms with Gasteiger partial charge in [0.05, 0.1) is 4.88 Å². The molecule has 0 atom stereocenters. The van der Waals surface area contributed by atoms with E-state index in [0.717, 1.165) is 11.3 Å². The van der Waals surface area contributed by atoms with Crippen molar-refractivity contribution in [1.82, 2.24) is 0 Å². The van der Waals surface area contributed by atoms with Crippen molar-refractivity contribution in [2.75, 3.05) is 0 Å². The minimum absolute atomic E-state index is 0.242. The van der Waals surface area contributed by atoms with Crippen LogP contribution < -0.4 is 0 Å². The smallest absolute Gasteiger partial charge is 0.169 e. The monoisotopic (exact) mass is 236 g/mol. The number of ketones is 1. The minimum atomic E-state index is 0.242. The molecule has 1 aromatic rings. The summed E-state index contributed by atoms with van der Waals surface area (Å²) in [5, 5.41) is 2.21. The number of hydrogen-bond acceptors (Lipinski definition) is 2. The van der Waals surface area contributed by atoms with Gasteiger partial charge in [-0.05, 0) is 48.1 Å². The van der Waals surface area contributed by atoms with Crippen molar-refractivity contribution < 1.29 is 4.79 Å². The lowest BCUT2D eigenvalue weighted by atomic mass is 9.69. The SMILES string of the molecule is CCC1(CC)CCc2c(csc2C(C)=O)C1. The largest absolute Gasteiger partial charge is 0.294 e. The van der Waals surface area contributed by atoms with Gasteiger partial charge in [-0.3, -0.25) is 4.79 Å². The molecular formula is C14H20OS. The summed E-state index contributed by atoms with van der Waals surface area (Å²) in [6, 6.07) is 0.